The maximum atomic E-state index is 12.8. The van der Waals surface area contributed by atoms with Crippen molar-refractivity contribution in [1.29, 1.82) is 0 Å². The molecule has 2 heterocycles. The molecule has 1 aliphatic heterocycles. The van der Waals surface area contributed by atoms with E-state index in [2.05, 4.69) is 20.0 Å². The Morgan fingerprint density at radius 2 is 2.19 bits per heavy atom. The van der Waals surface area contributed by atoms with Crippen LogP contribution < -0.4 is 10.1 Å². The fraction of sp³-hybridized carbons (Fsp3) is 0.389. The Balaban J connectivity index is 1.93. The molecule has 1 aliphatic rings. The molecule has 8 nitrogen and oxygen atoms in total. The number of carbonyl (C=O) groups excluding carboxylic acids is 2. The number of aromatic nitrogens is 2. The second kappa shape index (κ2) is 7.47. The van der Waals surface area contributed by atoms with Gasteiger partial charge in [0.15, 0.2) is 0 Å². The molecule has 138 valence electrons. The van der Waals surface area contributed by atoms with Crippen LogP contribution >= 0.6 is 0 Å². The summed E-state index contributed by atoms with van der Waals surface area (Å²) in [6.45, 7) is 2.09. The predicted octanol–water partition coefficient (Wildman–Crippen LogP) is 1.64. The van der Waals surface area contributed by atoms with Crippen molar-refractivity contribution in [3.63, 3.8) is 0 Å². The summed E-state index contributed by atoms with van der Waals surface area (Å²) >= 11 is 0. The molecular weight excluding hydrogens is 336 g/mol. The van der Waals surface area contributed by atoms with Gasteiger partial charge in [0.05, 0.1) is 26.2 Å². The van der Waals surface area contributed by atoms with E-state index in [0.29, 0.717) is 18.7 Å². The van der Waals surface area contributed by atoms with Crippen molar-refractivity contribution in [3.05, 3.63) is 47.5 Å². The van der Waals surface area contributed by atoms with Gasteiger partial charge in [-0.2, -0.15) is 0 Å². The summed E-state index contributed by atoms with van der Waals surface area (Å²) in [6, 6.07) is 6.09. The molecule has 2 N–H and O–H groups in total. The quantitative estimate of drug-likeness (QED) is 0.810. The highest BCUT2D eigenvalue weighted by Gasteiger charge is 2.35. The van der Waals surface area contributed by atoms with Crippen LogP contribution in [-0.4, -0.2) is 53.7 Å². The van der Waals surface area contributed by atoms with Crippen LogP contribution in [0.25, 0.3) is 0 Å². The lowest BCUT2D eigenvalue weighted by molar-refractivity contribution is -0.142. The lowest BCUT2D eigenvalue weighted by Crippen LogP contribution is -2.50. The summed E-state index contributed by atoms with van der Waals surface area (Å²) in [5.41, 5.74) is 2.69. The number of aromatic amines is 1. The maximum absolute atomic E-state index is 12.8. The molecule has 2 aromatic rings. The highest BCUT2D eigenvalue weighted by Crippen LogP contribution is 2.34. The van der Waals surface area contributed by atoms with Crippen molar-refractivity contribution in [1.82, 2.24) is 20.2 Å². The van der Waals surface area contributed by atoms with Crippen molar-refractivity contribution in [2.75, 3.05) is 20.8 Å². The van der Waals surface area contributed by atoms with E-state index < -0.39 is 12.0 Å². The van der Waals surface area contributed by atoms with Gasteiger partial charge in [0.2, 0.25) is 0 Å². The Labute approximate surface area is 151 Å². The van der Waals surface area contributed by atoms with Crippen LogP contribution in [0.5, 0.6) is 5.75 Å². The van der Waals surface area contributed by atoms with Gasteiger partial charge < -0.3 is 24.7 Å². The van der Waals surface area contributed by atoms with E-state index in [4.69, 9.17) is 4.74 Å². The first-order valence-electron chi connectivity index (χ1n) is 8.36. The molecule has 1 aromatic heterocycles. The van der Waals surface area contributed by atoms with E-state index in [1.54, 1.807) is 25.3 Å². The zero-order valence-electron chi connectivity index (χ0n) is 15.0. The first-order chi connectivity index (χ1) is 12.5. The van der Waals surface area contributed by atoms with E-state index in [0.717, 1.165) is 17.0 Å². The highest BCUT2D eigenvalue weighted by molar-refractivity contribution is 5.83. The van der Waals surface area contributed by atoms with E-state index >= 15 is 0 Å². The number of imidazole rings is 1. The summed E-state index contributed by atoms with van der Waals surface area (Å²) in [6.07, 6.45) is 2.30. The van der Waals surface area contributed by atoms with Gasteiger partial charge in [-0.15, -0.1) is 0 Å². The topological polar surface area (TPSA) is 96.6 Å². The van der Waals surface area contributed by atoms with Crippen LogP contribution in [0.4, 0.5) is 4.79 Å². The molecule has 1 aromatic carbocycles. The number of carbonyl (C=O) groups is 2. The average molecular weight is 358 g/mol. The number of nitrogens with one attached hydrogen (secondary N) is 2. The zero-order chi connectivity index (χ0) is 18.7. The number of nitrogens with zero attached hydrogens (tertiary/aromatic N) is 2. The smallest absolute Gasteiger partial charge is 0.328 e. The standard InChI is InChI=1S/C18H22N4O4/c1-11(17(23)26-3)21-18(24)22-8-7-14-15(20-10-19-14)16(22)12-5-4-6-13(9-12)25-2/h4-6,9-11,16H,7-8H2,1-3H3,(H,19,20)(H,21,24)/t11-,16-/m0/s1. The Morgan fingerprint density at radius 1 is 1.38 bits per heavy atom. The number of esters is 1. The van der Waals surface area contributed by atoms with Gasteiger partial charge in [-0.1, -0.05) is 12.1 Å². The molecule has 0 saturated carbocycles. The fourth-order valence-corrected chi connectivity index (χ4v) is 3.15. The van der Waals surface area contributed by atoms with Gasteiger partial charge in [-0.25, -0.2) is 14.6 Å². The minimum absolute atomic E-state index is 0.343. The third-order valence-corrected chi connectivity index (χ3v) is 4.49. The Hall–Kier alpha value is -3.03. The molecule has 0 unspecified atom stereocenters. The Morgan fingerprint density at radius 3 is 2.92 bits per heavy atom. The summed E-state index contributed by atoms with van der Waals surface area (Å²) in [5, 5.41) is 2.69. The molecule has 0 spiro atoms. The van der Waals surface area contributed by atoms with E-state index in [9.17, 15) is 9.59 Å². The molecule has 8 heteroatoms. The second-order valence-electron chi connectivity index (χ2n) is 6.08. The third kappa shape index (κ3) is 3.35. The average Bonchev–Trinajstić information content (AvgIpc) is 3.15. The Kier molecular flexibility index (Phi) is 5.11. The summed E-state index contributed by atoms with van der Waals surface area (Å²) in [4.78, 5) is 33.7. The third-order valence-electron chi connectivity index (χ3n) is 4.49. The number of hydrogen-bond acceptors (Lipinski definition) is 5. The van der Waals surface area contributed by atoms with Crippen molar-refractivity contribution in [3.8, 4) is 5.75 Å². The molecular formula is C18H22N4O4. The van der Waals surface area contributed by atoms with E-state index in [1.807, 2.05) is 24.3 Å². The van der Waals surface area contributed by atoms with Crippen LogP contribution in [0.2, 0.25) is 0 Å². The van der Waals surface area contributed by atoms with Gasteiger partial charge in [0.25, 0.3) is 0 Å². The largest absolute Gasteiger partial charge is 0.497 e. The zero-order valence-corrected chi connectivity index (χ0v) is 15.0. The van der Waals surface area contributed by atoms with Crippen LogP contribution in [0.1, 0.15) is 29.9 Å². The molecule has 0 saturated heterocycles. The van der Waals surface area contributed by atoms with Gasteiger partial charge in [-0.05, 0) is 24.6 Å². The lowest BCUT2D eigenvalue weighted by Gasteiger charge is -2.35. The summed E-state index contributed by atoms with van der Waals surface area (Å²) in [7, 11) is 2.89. The molecule has 2 amide bonds. The number of rotatable bonds is 4. The number of ether oxygens (including phenoxy) is 2. The monoisotopic (exact) mass is 358 g/mol. The highest BCUT2D eigenvalue weighted by atomic mass is 16.5. The van der Waals surface area contributed by atoms with Gasteiger partial charge in [-0.3, -0.25) is 0 Å². The molecule has 0 aliphatic carbocycles. The summed E-state index contributed by atoms with van der Waals surface area (Å²) in [5.74, 6) is 0.210. The molecule has 3 rings (SSSR count). The minimum atomic E-state index is -0.737. The van der Waals surface area contributed by atoms with Crippen LogP contribution in [0.3, 0.4) is 0 Å². The van der Waals surface area contributed by atoms with Crippen molar-refractivity contribution in [2.45, 2.75) is 25.4 Å². The first kappa shape index (κ1) is 17.8. The second-order valence-corrected chi connectivity index (χ2v) is 6.08. The number of amides is 2. The predicted molar refractivity (Wildman–Crippen MR) is 93.8 cm³/mol. The van der Waals surface area contributed by atoms with Gasteiger partial charge >= 0.3 is 12.0 Å². The minimum Gasteiger partial charge on any atom is -0.497 e. The lowest BCUT2D eigenvalue weighted by atomic mass is 9.96. The molecule has 0 bridgehead atoms. The number of benzene rings is 1. The van der Waals surface area contributed by atoms with E-state index in [-0.39, 0.29) is 12.1 Å². The molecule has 2 atom stereocenters. The van der Waals surface area contributed by atoms with Crippen molar-refractivity contribution in [2.24, 2.45) is 0 Å². The number of H-pyrrole nitrogens is 1. The summed E-state index contributed by atoms with van der Waals surface area (Å²) < 4.78 is 9.99. The van der Waals surface area contributed by atoms with Crippen LogP contribution in [-0.2, 0) is 16.0 Å². The van der Waals surface area contributed by atoms with Gasteiger partial charge in [0.1, 0.15) is 17.8 Å². The molecule has 26 heavy (non-hydrogen) atoms. The van der Waals surface area contributed by atoms with Crippen LogP contribution in [0, 0.1) is 0 Å². The van der Waals surface area contributed by atoms with Crippen molar-refractivity contribution < 1.29 is 19.1 Å². The number of urea groups is 1. The van der Waals surface area contributed by atoms with Crippen molar-refractivity contribution >= 4 is 12.0 Å². The van der Waals surface area contributed by atoms with Crippen LogP contribution in [0.15, 0.2) is 30.6 Å². The Bertz CT molecular complexity index is 804. The first-order valence-corrected chi connectivity index (χ1v) is 8.36. The number of fused-ring (bicyclic) bond motifs is 1. The molecule has 0 fully saturated rings. The fourth-order valence-electron chi connectivity index (χ4n) is 3.15. The van der Waals surface area contributed by atoms with E-state index in [1.165, 1.54) is 7.11 Å². The SMILES string of the molecule is COC(=O)[C@H](C)NC(=O)N1CCc2[nH]cnc2[C@@H]1c1cccc(OC)c1. The number of methoxy groups -OCH3 is 2. The molecule has 0 radical (unpaired) electrons. The normalized spacial score (nSPS) is 17.2. The number of hydrogen-bond donors (Lipinski definition) is 2. The maximum Gasteiger partial charge on any atom is 0.328 e. The van der Waals surface area contributed by atoms with Gasteiger partial charge in [0, 0.05) is 18.7 Å².